The average Bonchev–Trinajstić information content (AvgIpc) is 2.87. The first-order chi connectivity index (χ1) is 17.2. The van der Waals surface area contributed by atoms with Gasteiger partial charge in [0.05, 0.1) is 28.3 Å². The van der Waals surface area contributed by atoms with Crippen LogP contribution in [0.3, 0.4) is 0 Å². The molecule has 0 spiro atoms. The fourth-order valence-corrected chi connectivity index (χ4v) is 6.29. The SMILES string of the molecule is CCc1c(C(C)NS(=O)(=O)c2ccc(Cl)c(Cl)c2Cl)ccnc1Oc1cccc(N2CCOCC2)c1. The zero-order valence-corrected chi connectivity index (χ0v) is 22.9. The van der Waals surface area contributed by atoms with Crippen molar-refractivity contribution >= 4 is 50.5 Å². The molecule has 192 valence electrons. The molecular weight excluding hydrogens is 545 g/mol. The Kier molecular flexibility index (Phi) is 8.65. The molecule has 0 radical (unpaired) electrons. The van der Waals surface area contributed by atoms with E-state index >= 15 is 0 Å². The molecule has 7 nitrogen and oxygen atoms in total. The topological polar surface area (TPSA) is 80.8 Å². The molecule has 2 aromatic carbocycles. The number of hydrogen-bond acceptors (Lipinski definition) is 6. The first-order valence-electron chi connectivity index (χ1n) is 11.5. The van der Waals surface area contributed by atoms with Gasteiger partial charge in [0.25, 0.3) is 0 Å². The van der Waals surface area contributed by atoms with E-state index in [0.717, 1.165) is 29.9 Å². The lowest BCUT2D eigenvalue weighted by Gasteiger charge is -2.29. The Morgan fingerprint density at radius 1 is 1.11 bits per heavy atom. The van der Waals surface area contributed by atoms with Crippen molar-refractivity contribution in [3.05, 3.63) is 74.9 Å². The van der Waals surface area contributed by atoms with Crippen LogP contribution in [0.1, 0.15) is 31.0 Å². The maximum Gasteiger partial charge on any atom is 0.242 e. The van der Waals surface area contributed by atoms with Crippen molar-refractivity contribution in [1.82, 2.24) is 9.71 Å². The number of nitrogens with zero attached hydrogens (tertiary/aromatic N) is 2. The number of anilines is 1. The van der Waals surface area contributed by atoms with Crippen molar-refractivity contribution in [3.8, 4) is 11.6 Å². The van der Waals surface area contributed by atoms with Gasteiger partial charge in [0, 0.05) is 42.6 Å². The highest BCUT2D eigenvalue weighted by atomic mass is 35.5. The van der Waals surface area contributed by atoms with Gasteiger partial charge in [-0.15, -0.1) is 0 Å². The van der Waals surface area contributed by atoms with Gasteiger partial charge >= 0.3 is 0 Å². The average molecular weight is 571 g/mol. The number of sulfonamides is 1. The highest BCUT2D eigenvalue weighted by molar-refractivity contribution is 7.89. The molecule has 2 heterocycles. The number of nitrogens with one attached hydrogen (secondary N) is 1. The molecule has 0 bridgehead atoms. The van der Waals surface area contributed by atoms with Gasteiger partial charge in [0.1, 0.15) is 10.6 Å². The van der Waals surface area contributed by atoms with E-state index in [1.807, 2.05) is 31.2 Å². The molecule has 0 aliphatic carbocycles. The molecule has 1 N–H and O–H groups in total. The minimum Gasteiger partial charge on any atom is -0.439 e. The van der Waals surface area contributed by atoms with E-state index in [9.17, 15) is 8.42 Å². The predicted octanol–water partition coefficient (Wildman–Crippen LogP) is 6.27. The second-order valence-electron chi connectivity index (χ2n) is 8.25. The Balaban J connectivity index is 1.59. The van der Waals surface area contributed by atoms with Crippen molar-refractivity contribution < 1.29 is 17.9 Å². The Morgan fingerprint density at radius 3 is 2.58 bits per heavy atom. The number of benzene rings is 2. The molecule has 1 aliphatic rings. The van der Waals surface area contributed by atoms with Crippen molar-refractivity contribution in [3.63, 3.8) is 0 Å². The summed E-state index contributed by atoms with van der Waals surface area (Å²) in [6, 6.07) is 11.7. The van der Waals surface area contributed by atoms with E-state index in [0.29, 0.717) is 31.3 Å². The summed E-state index contributed by atoms with van der Waals surface area (Å²) >= 11 is 18.2. The molecule has 0 amide bonds. The molecule has 0 saturated carbocycles. The van der Waals surface area contributed by atoms with Crippen LogP contribution in [-0.2, 0) is 21.2 Å². The van der Waals surface area contributed by atoms with Crippen LogP contribution in [0, 0.1) is 0 Å². The summed E-state index contributed by atoms with van der Waals surface area (Å²) in [5.41, 5.74) is 2.58. The zero-order chi connectivity index (χ0) is 25.9. The molecule has 1 saturated heterocycles. The second-order valence-corrected chi connectivity index (χ2v) is 11.1. The smallest absolute Gasteiger partial charge is 0.242 e. The van der Waals surface area contributed by atoms with Crippen molar-refractivity contribution in [2.24, 2.45) is 0 Å². The monoisotopic (exact) mass is 569 g/mol. The van der Waals surface area contributed by atoms with E-state index in [1.165, 1.54) is 12.1 Å². The fourth-order valence-electron chi connectivity index (χ4n) is 4.09. The van der Waals surface area contributed by atoms with Crippen LogP contribution in [0.2, 0.25) is 15.1 Å². The highest BCUT2D eigenvalue weighted by Crippen LogP contribution is 2.36. The van der Waals surface area contributed by atoms with Gasteiger partial charge in [0.15, 0.2) is 0 Å². The highest BCUT2D eigenvalue weighted by Gasteiger charge is 2.25. The molecule has 4 rings (SSSR count). The Morgan fingerprint density at radius 2 is 1.86 bits per heavy atom. The van der Waals surface area contributed by atoms with Crippen LogP contribution in [-0.4, -0.2) is 39.7 Å². The maximum atomic E-state index is 13.1. The summed E-state index contributed by atoms with van der Waals surface area (Å²) in [5, 5.41) is 0.0380. The minimum atomic E-state index is -3.99. The van der Waals surface area contributed by atoms with Crippen LogP contribution in [0.5, 0.6) is 11.6 Å². The van der Waals surface area contributed by atoms with Crippen LogP contribution >= 0.6 is 34.8 Å². The van der Waals surface area contributed by atoms with Crippen LogP contribution in [0.15, 0.2) is 53.6 Å². The Labute approximate surface area is 226 Å². The van der Waals surface area contributed by atoms with Crippen LogP contribution in [0.4, 0.5) is 5.69 Å². The van der Waals surface area contributed by atoms with Gasteiger partial charge in [-0.25, -0.2) is 18.1 Å². The lowest BCUT2D eigenvalue weighted by Crippen LogP contribution is -2.36. The van der Waals surface area contributed by atoms with Crippen molar-refractivity contribution in [2.45, 2.75) is 31.2 Å². The van der Waals surface area contributed by atoms with Gasteiger partial charge in [-0.1, -0.05) is 47.8 Å². The molecular formula is C25H26Cl3N3O4S. The Hall–Kier alpha value is -2.07. The maximum absolute atomic E-state index is 13.1. The number of halogens is 3. The molecule has 1 aliphatic heterocycles. The summed E-state index contributed by atoms with van der Waals surface area (Å²) < 4.78 is 40.5. The molecule has 1 aromatic heterocycles. The normalized spacial score (nSPS) is 15.1. The van der Waals surface area contributed by atoms with Gasteiger partial charge in [-0.3, -0.25) is 0 Å². The number of ether oxygens (including phenoxy) is 2. The lowest BCUT2D eigenvalue weighted by molar-refractivity contribution is 0.122. The molecule has 3 aromatic rings. The molecule has 1 unspecified atom stereocenters. The number of hydrogen-bond donors (Lipinski definition) is 1. The van der Waals surface area contributed by atoms with Gasteiger partial charge < -0.3 is 14.4 Å². The third-order valence-electron chi connectivity index (χ3n) is 5.90. The van der Waals surface area contributed by atoms with Crippen molar-refractivity contribution in [1.29, 1.82) is 0 Å². The first kappa shape index (κ1) is 27.0. The third-order valence-corrected chi connectivity index (χ3v) is 8.89. The van der Waals surface area contributed by atoms with E-state index in [4.69, 9.17) is 44.3 Å². The van der Waals surface area contributed by atoms with Gasteiger partial charge in [-0.2, -0.15) is 0 Å². The standard InChI is InChI=1S/C25H26Cl3N3O4S/c1-3-19-20(16(2)30-36(32,33)22-8-7-21(26)23(27)24(22)28)9-10-29-25(19)35-18-6-4-5-17(15-18)31-11-13-34-14-12-31/h4-10,15-16,30H,3,11-14H2,1-2H3. The quantitative estimate of drug-likeness (QED) is 0.321. The zero-order valence-electron chi connectivity index (χ0n) is 19.8. The summed E-state index contributed by atoms with van der Waals surface area (Å²) in [4.78, 5) is 6.53. The van der Waals surface area contributed by atoms with E-state index in [2.05, 4.69) is 14.6 Å². The Bertz CT molecular complexity index is 1350. The predicted molar refractivity (Wildman–Crippen MR) is 143 cm³/mol. The summed E-state index contributed by atoms with van der Waals surface area (Å²) in [7, 11) is -3.99. The summed E-state index contributed by atoms with van der Waals surface area (Å²) in [6.07, 6.45) is 2.19. The van der Waals surface area contributed by atoms with Crippen LogP contribution < -0.4 is 14.4 Å². The summed E-state index contributed by atoms with van der Waals surface area (Å²) in [5.74, 6) is 1.07. The molecule has 1 fully saturated rings. The molecule has 36 heavy (non-hydrogen) atoms. The van der Waals surface area contributed by atoms with E-state index in [1.54, 1.807) is 19.2 Å². The fraction of sp³-hybridized carbons (Fsp3) is 0.320. The summed E-state index contributed by atoms with van der Waals surface area (Å²) in [6.45, 7) is 6.73. The number of rotatable bonds is 8. The van der Waals surface area contributed by atoms with Gasteiger partial charge in [0.2, 0.25) is 15.9 Å². The first-order valence-corrected chi connectivity index (χ1v) is 14.1. The molecule has 1 atom stereocenters. The third kappa shape index (κ3) is 5.90. The lowest BCUT2D eigenvalue weighted by atomic mass is 10.0. The minimum absolute atomic E-state index is 0.0120. The van der Waals surface area contributed by atoms with Crippen LogP contribution in [0.25, 0.3) is 0 Å². The second kappa shape index (κ2) is 11.5. The van der Waals surface area contributed by atoms with E-state index < -0.39 is 16.1 Å². The number of pyridine rings is 1. The van der Waals surface area contributed by atoms with E-state index in [-0.39, 0.29) is 20.0 Å². The number of aromatic nitrogens is 1. The van der Waals surface area contributed by atoms with Gasteiger partial charge in [-0.05, 0) is 49.2 Å². The number of morpholine rings is 1. The molecule has 11 heteroatoms. The largest absolute Gasteiger partial charge is 0.439 e. The van der Waals surface area contributed by atoms with Crippen molar-refractivity contribution in [2.75, 3.05) is 31.2 Å².